The fraction of sp³-hybridized carbons (Fsp3) is 0.320. The number of hydrogen-bond donors (Lipinski definition) is 1. The van der Waals surface area contributed by atoms with Crippen LogP contribution >= 0.6 is 0 Å². The van der Waals surface area contributed by atoms with E-state index >= 15 is 0 Å². The maximum atomic E-state index is 13.2. The van der Waals surface area contributed by atoms with Crippen molar-refractivity contribution in [3.8, 4) is 11.1 Å². The van der Waals surface area contributed by atoms with Gasteiger partial charge in [0.05, 0.1) is 11.6 Å². The first-order valence-electron chi connectivity index (χ1n) is 10.8. The Morgan fingerprint density at radius 3 is 2.62 bits per heavy atom. The van der Waals surface area contributed by atoms with Crippen molar-refractivity contribution < 1.29 is 18.5 Å². The van der Waals surface area contributed by atoms with E-state index in [0.29, 0.717) is 25.2 Å². The van der Waals surface area contributed by atoms with Gasteiger partial charge < -0.3 is 14.7 Å². The van der Waals surface area contributed by atoms with E-state index in [-0.39, 0.29) is 35.2 Å². The molecule has 2 aromatic carbocycles. The molecule has 7 heteroatoms. The first kappa shape index (κ1) is 21.7. The highest BCUT2D eigenvalue weighted by molar-refractivity contribution is 5.95. The highest BCUT2D eigenvalue weighted by atomic mass is 19.1. The van der Waals surface area contributed by atoms with Crippen LogP contribution < -0.4 is 5.32 Å². The maximum absolute atomic E-state index is 13.2. The smallest absolute Gasteiger partial charge is 0.292 e. The molecule has 2 amide bonds. The van der Waals surface area contributed by atoms with Crippen LogP contribution in [0, 0.1) is 11.7 Å². The number of hydrogen-bond acceptors (Lipinski definition) is 4. The lowest BCUT2D eigenvalue weighted by Gasteiger charge is -2.31. The molecular weight excluding hydrogens is 409 g/mol. The zero-order chi connectivity index (χ0) is 22.7. The number of nitrogens with one attached hydrogen (secondary N) is 1. The minimum atomic E-state index is -0.310. The Balaban J connectivity index is 1.41. The molecule has 1 saturated heterocycles. The van der Waals surface area contributed by atoms with E-state index in [2.05, 4.69) is 10.5 Å². The normalized spacial score (nSPS) is 16.2. The zero-order valence-corrected chi connectivity index (χ0v) is 18.2. The highest BCUT2D eigenvalue weighted by Gasteiger charge is 2.30. The van der Waals surface area contributed by atoms with Crippen LogP contribution in [0.3, 0.4) is 0 Å². The fourth-order valence-corrected chi connectivity index (χ4v) is 3.86. The number of aromatic nitrogens is 1. The first-order chi connectivity index (χ1) is 15.4. The average molecular weight is 435 g/mol. The second-order valence-corrected chi connectivity index (χ2v) is 8.44. The predicted molar refractivity (Wildman–Crippen MR) is 120 cm³/mol. The molecule has 0 aliphatic carbocycles. The molecule has 1 atom stereocenters. The van der Waals surface area contributed by atoms with Crippen LogP contribution in [0.5, 0.6) is 0 Å². The van der Waals surface area contributed by atoms with E-state index in [0.717, 1.165) is 23.2 Å². The SMILES string of the molecule is CC(C)c1cc(C(=O)N2CCC[C@@H](C(=O)Nc3cccc(-c4ccc(F)cc4)c3)C2)on1. The number of nitrogens with zero attached hydrogens (tertiary/aromatic N) is 2. The van der Waals surface area contributed by atoms with E-state index in [1.54, 1.807) is 23.1 Å². The van der Waals surface area contributed by atoms with Crippen molar-refractivity contribution >= 4 is 17.5 Å². The van der Waals surface area contributed by atoms with E-state index in [1.807, 2.05) is 38.1 Å². The number of anilines is 1. The number of carbonyl (C=O) groups excluding carboxylic acids is 2. The molecule has 4 rings (SSSR count). The van der Waals surface area contributed by atoms with Crippen LogP contribution in [0.25, 0.3) is 11.1 Å². The molecule has 0 spiro atoms. The van der Waals surface area contributed by atoms with Crippen molar-refractivity contribution in [1.29, 1.82) is 0 Å². The van der Waals surface area contributed by atoms with Gasteiger partial charge in [0.15, 0.2) is 0 Å². The van der Waals surface area contributed by atoms with Gasteiger partial charge >= 0.3 is 0 Å². The quantitative estimate of drug-likeness (QED) is 0.605. The van der Waals surface area contributed by atoms with Gasteiger partial charge in [-0.25, -0.2) is 4.39 Å². The number of likely N-dealkylation sites (tertiary alicyclic amines) is 1. The molecular formula is C25H26FN3O3. The van der Waals surface area contributed by atoms with Crippen molar-refractivity contribution in [1.82, 2.24) is 10.1 Å². The Bertz CT molecular complexity index is 1110. The van der Waals surface area contributed by atoms with E-state index in [9.17, 15) is 14.0 Å². The molecule has 1 aliphatic rings. The van der Waals surface area contributed by atoms with Crippen molar-refractivity contribution in [2.24, 2.45) is 5.92 Å². The standard InChI is InChI=1S/C25H26FN3O3/c1-16(2)22-14-23(32-28-22)25(31)29-12-4-6-19(15-29)24(30)27-21-7-3-5-18(13-21)17-8-10-20(26)11-9-17/h3,5,7-11,13-14,16,19H,4,6,12,15H2,1-2H3,(H,27,30)/t19-/m1/s1. The number of carbonyl (C=O) groups is 2. The number of benzene rings is 2. The predicted octanol–water partition coefficient (Wildman–Crippen LogP) is 5.10. The minimum Gasteiger partial charge on any atom is -0.351 e. The van der Waals surface area contributed by atoms with Gasteiger partial charge in [-0.05, 0) is 54.2 Å². The number of amides is 2. The summed E-state index contributed by atoms with van der Waals surface area (Å²) in [7, 11) is 0. The Morgan fingerprint density at radius 1 is 1.12 bits per heavy atom. The van der Waals surface area contributed by atoms with Crippen LogP contribution in [0.1, 0.15) is 48.9 Å². The summed E-state index contributed by atoms with van der Waals surface area (Å²) in [6.07, 6.45) is 1.45. The van der Waals surface area contributed by atoms with Crippen LogP contribution in [0.15, 0.2) is 59.1 Å². The summed E-state index contributed by atoms with van der Waals surface area (Å²) in [5.41, 5.74) is 3.15. The summed E-state index contributed by atoms with van der Waals surface area (Å²) in [5.74, 6) is -0.581. The van der Waals surface area contributed by atoms with Crippen molar-refractivity contribution in [3.63, 3.8) is 0 Å². The van der Waals surface area contributed by atoms with Crippen LogP contribution in [-0.4, -0.2) is 35.0 Å². The molecule has 0 bridgehead atoms. The molecule has 1 N–H and O–H groups in total. The summed E-state index contributed by atoms with van der Waals surface area (Å²) in [6.45, 7) is 4.89. The monoisotopic (exact) mass is 435 g/mol. The second-order valence-electron chi connectivity index (χ2n) is 8.44. The minimum absolute atomic E-state index is 0.126. The first-order valence-corrected chi connectivity index (χ1v) is 10.8. The van der Waals surface area contributed by atoms with Crippen LogP contribution in [0.4, 0.5) is 10.1 Å². The van der Waals surface area contributed by atoms with Gasteiger partial charge in [-0.3, -0.25) is 9.59 Å². The van der Waals surface area contributed by atoms with Gasteiger partial charge in [-0.15, -0.1) is 0 Å². The molecule has 0 unspecified atom stereocenters. The van der Waals surface area contributed by atoms with E-state index in [1.165, 1.54) is 12.1 Å². The maximum Gasteiger partial charge on any atom is 0.292 e. The van der Waals surface area contributed by atoms with E-state index in [4.69, 9.17) is 4.52 Å². The molecule has 0 saturated carbocycles. The Morgan fingerprint density at radius 2 is 1.91 bits per heavy atom. The lowest BCUT2D eigenvalue weighted by molar-refractivity contribution is -0.121. The molecule has 2 heterocycles. The molecule has 32 heavy (non-hydrogen) atoms. The summed E-state index contributed by atoms with van der Waals surface area (Å²) < 4.78 is 18.4. The zero-order valence-electron chi connectivity index (χ0n) is 18.2. The van der Waals surface area contributed by atoms with Crippen molar-refractivity contribution in [3.05, 3.63) is 71.9 Å². The summed E-state index contributed by atoms with van der Waals surface area (Å²) in [5, 5.41) is 6.92. The lowest BCUT2D eigenvalue weighted by atomic mass is 9.96. The van der Waals surface area contributed by atoms with Crippen molar-refractivity contribution in [2.45, 2.75) is 32.6 Å². The summed E-state index contributed by atoms with van der Waals surface area (Å²) in [6, 6.07) is 15.3. The van der Waals surface area contributed by atoms with Gasteiger partial charge in [-0.2, -0.15) is 0 Å². The lowest BCUT2D eigenvalue weighted by Crippen LogP contribution is -2.43. The summed E-state index contributed by atoms with van der Waals surface area (Å²) >= 11 is 0. The van der Waals surface area contributed by atoms with E-state index < -0.39 is 0 Å². The Labute approximate surface area is 186 Å². The average Bonchev–Trinajstić information content (AvgIpc) is 3.30. The molecule has 6 nitrogen and oxygen atoms in total. The third-order valence-electron chi connectivity index (χ3n) is 5.72. The molecule has 166 valence electrons. The number of halogens is 1. The van der Waals surface area contributed by atoms with Gasteiger partial charge in [0.1, 0.15) is 5.82 Å². The molecule has 1 aliphatic heterocycles. The van der Waals surface area contributed by atoms with Crippen LogP contribution in [0.2, 0.25) is 0 Å². The van der Waals surface area contributed by atoms with Gasteiger partial charge in [-0.1, -0.05) is 43.3 Å². The highest BCUT2D eigenvalue weighted by Crippen LogP contribution is 2.25. The van der Waals surface area contributed by atoms with Crippen molar-refractivity contribution in [2.75, 3.05) is 18.4 Å². The Hall–Kier alpha value is -3.48. The Kier molecular flexibility index (Phi) is 6.35. The number of rotatable bonds is 5. The summed E-state index contributed by atoms with van der Waals surface area (Å²) in [4.78, 5) is 27.4. The van der Waals surface area contributed by atoms with Gasteiger partial charge in [0.25, 0.3) is 5.91 Å². The third kappa shape index (κ3) is 4.88. The molecule has 0 radical (unpaired) electrons. The largest absolute Gasteiger partial charge is 0.351 e. The van der Waals surface area contributed by atoms with Gasteiger partial charge in [0.2, 0.25) is 11.7 Å². The third-order valence-corrected chi connectivity index (χ3v) is 5.72. The van der Waals surface area contributed by atoms with Gasteiger partial charge in [0, 0.05) is 24.8 Å². The molecule has 1 aromatic heterocycles. The topological polar surface area (TPSA) is 75.4 Å². The van der Waals surface area contributed by atoms with Crippen LogP contribution in [-0.2, 0) is 4.79 Å². The number of piperidine rings is 1. The fourth-order valence-electron chi connectivity index (χ4n) is 3.86. The molecule has 1 fully saturated rings. The second kappa shape index (κ2) is 9.34. The molecule has 3 aromatic rings.